The van der Waals surface area contributed by atoms with E-state index in [9.17, 15) is 10.1 Å². The van der Waals surface area contributed by atoms with Gasteiger partial charge in [0.1, 0.15) is 11.1 Å². The fourth-order valence-corrected chi connectivity index (χ4v) is 3.68. The smallest absolute Gasteiger partial charge is 0.290 e. The van der Waals surface area contributed by atoms with Gasteiger partial charge in [0, 0.05) is 22.0 Å². The van der Waals surface area contributed by atoms with Crippen LogP contribution in [0.15, 0.2) is 86.7 Å². The average molecular weight is 462 g/mol. The molecule has 0 amide bonds. The summed E-state index contributed by atoms with van der Waals surface area (Å²) < 4.78 is 6.98. The normalized spacial score (nSPS) is 12.0. The van der Waals surface area contributed by atoms with E-state index < -0.39 is 4.92 Å². The van der Waals surface area contributed by atoms with E-state index in [2.05, 4.69) is 30.9 Å². The SMILES string of the molecule is O=[N+]([O-])c1ccc2oc(=Nc3cccc(Br)c3)c(-c3[nH]c4ccccc4[nH+]3)cc2c1. The molecule has 0 radical (unpaired) electrons. The Morgan fingerprint density at radius 2 is 1.90 bits per heavy atom. The zero-order valence-electron chi connectivity index (χ0n) is 15.4. The molecule has 0 fully saturated rings. The summed E-state index contributed by atoms with van der Waals surface area (Å²) >= 11 is 3.46. The van der Waals surface area contributed by atoms with Gasteiger partial charge in [-0.15, -0.1) is 0 Å². The van der Waals surface area contributed by atoms with E-state index in [1.807, 2.05) is 54.6 Å². The molecule has 5 aromatic rings. The van der Waals surface area contributed by atoms with Gasteiger partial charge in [0.15, 0.2) is 11.0 Å². The number of aromatic nitrogens is 2. The maximum absolute atomic E-state index is 11.2. The van der Waals surface area contributed by atoms with Gasteiger partial charge in [0.05, 0.1) is 10.6 Å². The molecule has 0 aliphatic heterocycles. The van der Waals surface area contributed by atoms with E-state index in [4.69, 9.17) is 4.42 Å². The predicted octanol–water partition coefficient (Wildman–Crippen LogP) is 5.30. The largest absolute Gasteiger partial charge is 0.437 e. The number of hydrogen-bond acceptors (Lipinski definition) is 4. The summed E-state index contributed by atoms with van der Waals surface area (Å²) in [5, 5.41) is 11.8. The molecule has 0 unspecified atom stereocenters. The Hall–Kier alpha value is -3.78. The molecule has 5 rings (SSSR count). The first-order valence-electron chi connectivity index (χ1n) is 9.10. The standard InChI is InChI=1S/C22H13BrN4O3/c23-14-4-3-5-15(12-14)24-22-17(21-25-18-6-1-2-7-19(18)26-21)11-13-10-16(27(28)29)8-9-20(13)30-22/h1-12H,(H,25,26)/p+1. The van der Waals surface area contributed by atoms with Crippen molar-refractivity contribution < 1.29 is 14.3 Å². The molecule has 3 aromatic carbocycles. The Morgan fingerprint density at radius 3 is 2.70 bits per heavy atom. The fraction of sp³-hybridized carbons (Fsp3) is 0. The first-order valence-corrected chi connectivity index (χ1v) is 9.89. The maximum atomic E-state index is 11.2. The molecular formula is C22H14BrN4O3+. The van der Waals surface area contributed by atoms with Crippen molar-refractivity contribution in [2.75, 3.05) is 0 Å². The van der Waals surface area contributed by atoms with E-state index in [-0.39, 0.29) is 5.69 Å². The maximum Gasteiger partial charge on any atom is 0.290 e. The van der Waals surface area contributed by atoms with E-state index in [1.165, 1.54) is 12.1 Å². The number of imidazole rings is 1. The number of H-pyrrole nitrogens is 2. The van der Waals surface area contributed by atoms with Crippen molar-refractivity contribution >= 4 is 49.3 Å². The van der Waals surface area contributed by atoms with Crippen molar-refractivity contribution in [3.8, 4) is 11.4 Å². The molecule has 2 N–H and O–H groups in total. The first-order chi connectivity index (χ1) is 14.6. The lowest BCUT2D eigenvalue weighted by molar-refractivity contribution is -0.384. The highest BCUT2D eigenvalue weighted by Gasteiger charge is 2.18. The van der Waals surface area contributed by atoms with Crippen molar-refractivity contribution in [3.05, 3.63) is 92.9 Å². The van der Waals surface area contributed by atoms with Crippen LogP contribution in [0.5, 0.6) is 0 Å². The van der Waals surface area contributed by atoms with Crippen LogP contribution in [-0.4, -0.2) is 9.91 Å². The number of para-hydroxylation sites is 2. The van der Waals surface area contributed by atoms with Crippen molar-refractivity contribution in [2.45, 2.75) is 0 Å². The third kappa shape index (κ3) is 3.37. The second-order valence-electron chi connectivity index (χ2n) is 6.71. The van der Waals surface area contributed by atoms with Crippen LogP contribution < -0.4 is 10.5 Å². The molecule has 2 heterocycles. The van der Waals surface area contributed by atoms with Gasteiger partial charge in [-0.25, -0.2) is 15.0 Å². The highest BCUT2D eigenvalue weighted by atomic mass is 79.9. The highest BCUT2D eigenvalue weighted by Crippen LogP contribution is 2.25. The number of hydrogen-bond donors (Lipinski definition) is 1. The third-order valence-electron chi connectivity index (χ3n) is 4.70. The number of nitro groups is 1. The monoisotopic (exact) mass is 461 g/mol. The van der Waals surface area contributed by atoms with Gasteiger partial charge in [0.25, 0.3) is 11.5 Å². The molecule has 0 aliphatic rings. The number of nitrogens with one attached hydrogen (secondary N) is 2. The topological polar surface area (TPSA) is 98.6 Å². The minimum atomic E-state index is -0.423. The zero-order chi connectivity index (χ0) is 20.7. The Bertz CT molecular complexity index is 1470. The summed E-state index contributed by atoms with van der Waals surface area (Å²) in [7, 11) is 0. The molecule has 0 aliphatic carbocycles. The number of nitro benzene ring substituents is 1. The lowest BCUT2D eigenvalue weighted by Crippen LogP contribution is -2.12. The quantitative estimate of drug-likeness (QED) is 0.291. The van der Waals surface area contributed by atoms with Crippen molar-refractivity contribution in [1.82, 2.24) is 4.98 Å². The second kappa shape index (κ2) is 7.23. The van der Waals surface area contributed by atoms with E-state index in [1.54, 1.807) is 6.07 Å². The molecule has 2 aromatic heterocycles. The van der Waals surface area contributed by atoms with Gasteiger partial charge in [-0.3, -0.25) is 10.1 Å². The number of fused-ring (bicyclic) bond motifs is 2. The Balaban J connectivity index is 1.81. The fourth-order valence-electron chi connectivity index (χ4n) is 3.29. The van der Waals surface area contributed by atoms with Gasteiger partial charge < -0.3 is 4.42 Å². The van der Waals surface area contributed by atoms with Crippen molar-refractivity contribution in [3.63, 3.8) is 0 Å². The molecule has 0 bridgehead atoms. The van der Waals surface area contributed by atoms with Crippen LogP contribution in [0.2, 0.25) is 0 Å². The minimum absolute atomic E-state index is 0.000884. The lowest BCUT2D eigenvalue weighted by atomic mass is 10.1. The van der Waals surface area contributed by atoms with E-state index in [0.29, 0.717) is 33.6 Å². The van der Waals surface area contributed by atoms with Gasteiger partial charge in [-0.2, -0.15) is 0 Å². The molecule has 0 saturated heterocycles. The molecular weight excluding hydrogens is 448 g/mol. The second-order valence-corrected chi connectivity index (χ2v) is 7.62. The van der Waals surface area contributed by atoms with Gasteiger partial charge in [-0.05, 0) is 42.5 Å². The van der Waals surface area contributed by atoms with E-state index in [0.717, 1.165) is 15.5 Å². The zero-order valence-corrected chi connectivity index (χ0v) is 17.0. The summed E-state index contributed by atoms with van der Waals surface area (Å²) in [6.45, 7) is 0. The van der Waals surface area contributed by atoms with Crippen LogP contribution in [0, 0.1) is 10.1 Å². The predicted molar refractivity (Wildman–Crippen MR) is 116 cm³/mol. The molecule has 0 saturated carbocycles. The number of non-ortho nitro benzene ring substituents is 1. The average Bonchev–Trinajstić information content (AvgIpc) is 3.17. The van der Waals surface area contributed by atoms with Crippen LogP contribution in [0.4, 0.5) is 11.4 Å². The molecule has 0 atom stereocenters. The van der Waals surface area contributed by atoms with Gasteiger partial charge >= 0.3 is 0 Å². The minimum Gasteiger partial charge on any atom is -0.437 e. The Morgan fingerprint density at radius 1 is 1.03 bits per heavy atom. The Labute approximate surface area is 178 Å². The molecule has 30 heavy (non-hydrogen) atoms. The van der Waals surface area contributed by atoms with Crippen LogP contribution in [0.1, 0.15) is 0 Å². The van der Waals surface area contributed by atoms with Crippen LogP contribution in [-0.2, 0) is 0 Å². The molecule has 7 nitrogen and oxygen atoms in total. The first kappa shape index (κ1) is 18.3. The molecule has 146 valence electrons. The third-order valence-corrected chi connectivity index (χ3v) is 5.19. The number of aromatic amines is 2. The summed E-state index contributed by atoms with van der Waals surface area (Å²) in [4.78, 5) is 22.1. The lowest BCUT2D eigenvalue weighted by Gasteiger charge is -2.02. The van der Waals surface area contributed by atoms with Gasteiger partial charge in [0.2, 0.25) is 5.55 Å². The van der Waals surface area contributed by atoms with Gasteiger partial charge in [-0.1, -0.05) is 34.1 Å². The summed E-state index contributed by atoms with van der Waals surface area (Å²) in [5.41, 5.74) is 4.14. The van der Waals surface area contributed by atoms with Crippen LogP contribution in [0.3, 0.4) is 0 Å². The summed E-state index contributed by atoms with van der Waals surface area (Å²) in [6.07, 6.45) is 0. The van der Waals surface area contributed by atoms with Crippen LogP contribution >= 0.6 is 15.9 Å². The summed E-state index contributed by atoms with van der Waals surface area (Å²) in [6, 6.07) is 21.7. The highest BCUT2D eigenvalue weighted by molar-refractivity contribution is 9.10. The number of benzene rings is 3. The number of halogens is 1. The van der Waals surface area contributed by atoms with E-state index >= 15 is 0 Å². The number of rotatable bonds is 3. The van der Waals surface area contributed by atoms with Crippen molar-refractivity contribution in [2.24, 2.45) is 4.99 Å². The molecule has 8 heteroatoms. The number of nitrogens with zero attached hydrogens (tertiary/aromatic N) is 2. The molecule has 0 spiro atoms. The van der Waals surface area contributed by atoms with Crippen molar-refractivity contribution in [1.29, 1.82) is 0 Å². The Kier molecular flexibility index (Phi) is 4.40. The summed E-state index contributed by atoms with van der Waals surface area (Å²) in [5.74, 6) is 0.696. The van der Waals surface area contributed by atoms with Crippen LogP contribution in [0.25, 0.3) is 33.4 Å².